The van der Waals surface area contributed by atoms with Crippen molar-refractivity contribution in [3.8, 4) is 0 Å². The maximum absolute atomic E-state index is 11.3. The Morgan fingerprint density at radius 2 is 1.71 bits per heavy atom. The van der Waals surface area contributed by atoms with Gasteiger partial charge in [-0.05, 0) is 6.42 Å². The second-order valence-electron chi connectivity index (χ2n) is 4.07. The number of carbonyl (C=O) groups excluding carboxylic acids is 2. The average molecular weight is 234 g/mol. The van der Waals surface area contributed by atoms with E-state index in [9.17, 15) is 9.59 Å². The Morgan fingerprint density at radius 3 is 2.07 bits per heavy atom. The molecule has 0 rings (SSSR count). The molecule has 0 aliphatic heterocycles. The van der Waals surface area contributed by atoms with E-state index in [-0.39, 0.29) is 33.9 Å². The van der Waals surface area contributed by atoms with Crippen LogP contribution >= 0.6 is 0 Å². The predicted octanol–water partition coefficient (Wildman–Crippen LogP) is 1.94. The molecule has 0 aromatic carbocycles. The Balaban J connectivity index is 0. The molecule has 0 bridgehead atoms. The van der Waals surface area contributed by atoms with E-state index >= 15 is 0 Å². The van der Waals surface area contributed by atoms with Gasteiger partial charge in [0.2, 0.25) is 0 Å². The molecule has 3 nitrogen and oxygen atoms in total. The number of rotatable bonds is 4. The zero-order valence-corrected chi connectivity index (χ0v) is 10.9. The maximum atomic E-state index is 11.3. The molecule has 0 aromatic heterocycles. The van der Waals surface area contributed by atoms with Crippen molar-refractivity contribution in [3.63, 3.8) is 0 Å². The van der Waals surface area contributed by atoms with Crippen molar-refractivity contribution < 1.29 is 36.0 Å². The molecule has 4 heteroatoms. The van der Waals surface area contributed by atoms with Gasteiger partial charge in [-0.25, -0.2) is 0 Å². The summed E-state index contributed by atoms with van der Waals surface area (Å²) in [5.74, 6) is -0.490. The molecule has 0 saturated heterocycles. The summed E-state index contributed by atoms with van der Waals surface area (Å²) >= 11 is 0. The van der Waals surface area contributed by atoms with Crippen molar-refractivity contribution in [3.05, 3.63) is 0 Å². The van der Waals surface area contributed by atoms with Crippen molar-refractivity contribution >= 4 is 11.8 Å². The van der Waals surface area contributed by atoms with Gasteiger partial charge < -0.3 is 4.74 Å². The number of Topliss-reactive ketones (excluding diaryl/α,β-unsaturated/α-hetero) is 1. The third-order valence-electron chi connectivity index (χ3n) is 1.61. The first-order valence-corrected chi connectivity index (χ1v) is 4.57. The molecule has 0 radical (unpaired) electrons. The smallest absolute Gasteiger partial charge is 0.313 e. The molecular weight excluding hydrogens is 216 g/mol. The topological polar surface area (TPSA) is 43.4 Å². The second-order valence-corrected chi connectivity index (χ2v) is 4.07. The normalized spacial score (nSPS) is 10.3. The zero-order valence-electron chi connectivity index (χ0n) is 9.35. The van der Waals surface area contributed by atoms with E-state index in [1.165, 1.54) is 0 Å². The van der Waals surface area contributed by atoms with Crippen molar-refractivity contribution in [2.24, 2.45) is 5.41 Å². The molecule has 0 aliphatic rings. The van der Waals surface area contributed by atoms with Crippen LogP contribution in [0.3, 0.4) is 0 Å². The van der Waals surface area contributed by atoms with Gasteiger partial charge >= 0.3 is 5.97 Å². The third kappa shape index (κ3) is 7.28. The van der Waals surface area contributed by atoms with Gasteiger partial charge in [-0.15, -0.1) is 0 Å². The first-order chi connectivity index (χ1) is 5.88. The quantitative estimate of drug-likeness (QED) is 0.424. The van der Waals surface area contributed by atoms with Gasteiger partial charge in [0, 0.05) is 27.1 Å². The van der Waals surface area contributed by atoms with E-state index in [2.05, 4.69) is 0 Å². The Hall–Kier alpha value is -0.146. The van der Waals surface area contributed by atoms with Crippen molar-refractivity contribution in [2.75, 3.05) is 6.61 Å². The minimum absolute atomic E-state index is 0. The number of ketones is 1. The molecule has 0 unspecified atom stereocenters. The molecule has 0 fully saturated rings. The van der Waals surface area contributed by atoms with E-state index in [1.807, 2.05) is 6.92 Å². The number of esters is 1. The number of ether oxygens (including phenoxy) is 1. The largest absolute Gasteiger partial charge is 0.465 e. The number of hydrogen-bond acceptors (Lipinski definition) is 3. The summed E-state index contributed by atoms with van der Waals surface area (Å²) in [6, 6.07) is 0. The first kappa shape index (κ1) is 16.3. The SMILES string of the molecule is CCCOC(=O)CC(=O)C(C)(C)C.[Ti]. The minimum atomic E-state index is -0.453. The van der Waals surface area contributed by atoms with Gasteiger partial charge in [0.15, 0.2) is 0 Å². The Labute approximate surface area is 100 Å². The van der Waals surface area contributed by atoms with Crippen LogP contribution in [-0.2, 0) is 36.0 Å². The van der Waals surface area contributed by atoms with Crippen molar-refractivity contribution in [1.82, 2.24) is 0 Å². The standard InChI is InChI=1S/C10H18O3.Ti/c1-5-6-13-9(12)7-8(11)10(2,3)4;/h5-7H2,1-4H3;. The van der Waals surface area contributed by atoms with Gasteiger partial charge in [-0.1, -0.05) is 27.7 Å². The summed E-state index contributed by atoms with van der Waals surface area (Å²) in [5, 5.41) is 0. The molecule has 0 aromatic rings. The molecule has 0 heterocycles. The average Bonchev–Trinajstić information content (AvgIpc) is 1.99. The summed E-state index contributed by atoms with van der Waals surface area (Å²) < 4.78 is 4.80. The van der Waals surface area contributed by atoms with E-state index in [0.717, 1.165) is 6.42 Å². The second kappa shape index (κ2) is 7.19. The van der Waals surface area contributed by atoms with Crippen LogP contribution in [0.4, 0.5) is 0 Å². The first-order valence-electron chi connectivity index (χ1n) is 4.57. The monoisotopic (exact) mass is 234 g/mol. The molecule has 0 N–H and O–H groups in total. The fourth-order valence-electron chi connectivity index (χ4n) is 0.663. The Morgan fingerprint density at radius 1 is 1.21 bits per heavy atom. The van der Waals surface area contributed by atoms with E-state index in [0.29, 0.717) is 6.61 Å². The predicted molar refractivity (Wildman–Crippen MR) is 50.3 cm³/mol. The third-order valence-corrected chi connectivity index (χ3v) is 1.61. The van der Waals surface area contributed by atoms with Gasteiger partial charge in [0.05, 0.1) is 6.61 Å². The van der Waals surface area contributed by atoms with Crippen LogP contribution in [0.15, 0.2) is 0 Å². The Kier molecular flexibility index (Phi) is 8.36. The summed E-state index contributed by atoms with van der Waals surface area (Å²) in [7, 11) is 0. The molecule has 0 aliphatic carbocycles. The van der Waals surface area contributed by atoms with Crippen LogP contribution in [0.25, 0.3) is 0 Å². The fourth-order valence-corrected chi connectivity index (χ4v) is 0.663. The molecule has 0 spiro atoms. The van der Waals surface area contributed by atoms with Crippen LogP contribution in [0.1, 0.15) is 40.5 Å². The summed E-state index contributed by atoms with van der Waals surface area (Å²) in [5.41, 5.74) is -0.453. The fraction of sp³-hybridized carbons (Fsp3) is 0.800. The number of carbonyl (C=O) groups is 2. The van der Waals surface area contributed by atoms with Gasteiger partial charge in [-0.2, -0.15) is 0 Å². The molecule has 0 amide bonds. The molecule has 0 saturated carbocycles. The van der Waals surface area contributed by atoms with Crippen LogP contribution < -0.4 is 0 Å². The van der Waals surface area contributed by atoms with Crippen molar-refractivity contribution in [1.29, 1.82) is 0 Å². The van der Waals surface area contributed by atoms with Crippen LogP contribution in [0, 0.1) is 5.41 Å². The van der Waals surface area contributed by atoms with Gasteiger partial charge in [0.25, 0.3) is 0 Å². The van der Waals surface area contributed by atoms with Crippen LogP contribution in [0.5, 0.6) is 0 Å². The summed E-state index contributed by atoms with van der Waals surface area (Å²) in [6.45, 7) is 7.70. The molecule has 80 valence electrons. The summed E-state index contributed by atoms with van der Waals surface area (Å²) in [4.78, 5) is 22.4. The Bertz CT molecular complexity index is 194. The molecule has 0 atom stereocenters. The molecule has 14 heavy (non-hydrogen) atoms. The van der Waals surface area contributed by atoms with E-state index in [4.69, 9.17) is 4.74 Å². The van der Waals surface area contributed by atoms with E-state index < -0.39 is 11.4 Å². The molecular formula is C10H18O3Ti. The van der Waals surface area contributed by atoms with Gasteiger partial charge in [-0.3, -0.25) is 9.59 Å². The van der Waals surface area contributed by atoms with E-state index in [1.54, 1.807) is 20.8 Å². The minimum Gasteiger partial charge on any atom is -0.465 e. The summed E-state index contributed by atoms with van der Waals surface area (Å²) in [6.07, 6.45) is 0.680. The zero-order chi connectivity index (χ0) is 10.5. The van der Waals surface area contributed by atoms with Crippen LogP contribution in [-0.4, -0.2) is 18.4 Å². The van der Waals surface area contributed by atoms with Crippen LogP contribution in [0.2, 0.25) is 0 Å². The number of hydrogen-bond donors (Lipinski definition) is 0. The van der Waals surface area contributed by atoms with Gasteiger partial charge in [0.1, 0.15) is 12.2 Å². The van der Waals surface area contributed by atoms with Crippen molar-refractivity contribution in [2.45, 2.75) is 40.5 Å². The maximum Gasteiger partial charge on any atom is 0.313 e.